The van der Waals surface area contributed by atoms with Crippen molar-refractivity contribution in [3.05, 3.63) is 34.9 Å². The average Bonchev–Trinajstić information content (AvgIpc) is 2.56. The van der Waals surface area contributed by atoms with Gasteiger partial charge in [0.2, 0.25) is 5.78 Å². The first-order chi connectivity index (χ1) is 11.7. The Labute approximate surface area is 149 Å². The highest BCUT2D eigenvalue weighted by molar-refractivity contribution is 6.32. The Bertz CT molecular complexity index is 628. The highest BCUT2D eigenvalue weighted by Gasteiger charge is 2.51. The summed E-state index contributed by atoms with van der Waals surface area (Å²) in [7, 11) is 0. The standard InChI is InChI=1S/C20H26ClNO2/c1-2-3-4-5-6-13-18-22-20(15-10-7-8-11-16(15)21)14-9-12-17(24-18)19(20)23/h7-8,10-11,17H,2-6,9,12-14H2,1H3. The van der Waals surface area contributed by atoms with Crippen molar-refractivity contribution in [3.63, 3.8) is 0 Å². The molecule has 130 valence electrons. The van der Waals surface area contributed by atoms with Gasteiger partial charge >= 0.3 is 0 Å². The van der Waals surface area contributed by atoms with Crippen LogP contribution in [0.4, 0.5) is 0 Å². The van der Waals surface area contributed by atoms with Crippen molar-refractivity contribution in [1.29, 1.82) is 0 Å². The Kier molecular flexibility index (Phi) is 5.60. The summed E-state index contributed by atoms with van der Waals surface area (Å²) < 4.78 is 5.92. The highest BCUT2D eigenvalue weighted by Crippen LogP contribution is 2.44. The number of carbonyl (C=O) groups excluding carboxylic acids is 1. The third-order valence-corrected chi connectivity index (χ3v) is 5.44. The number of halogens is 1. The number of ketones is 1. The van der Waals surface area contributed by atoms with Gasteiger partial charge in [0, 0.05) is 17.0 Å². The molecular weight excluding hydrogens is 322 g/mol. The normalized spacial score (nSPS) is 26.0. The summed E-state index contributed by atoms with van der Waals surface area (Å²) in [6.45, 7) is 2.22. The smallest absolute Gasteiger partial charge is 0.205 e. The van der Waals surface area contributed by atoms with E-state index in [-0.39, 0.29) is 11.9 Å². The Morgan fingerprint density at radius 2 is 2.04 bits per heavy atom. The number of carbonyl (C=O) groups is 1. The fourth-order valence-corrected chi connectivity index (χ4v) is 4.10. The van der Waals surface area contributed by atoms with E-state index >= 15 is 0 Å². The molecule has 1 aliphatic heterocycles. The fourth-order valence-electron chi connectivity index (χ4n) is 3.81. The summed E-state index contributed by atoms with van der Waals surface area (Å²) in [6, 6.07) is 7.61. The quantitative estimate of drug-likeness (QED) is 0.615. The van der Waals surface area contributed by atoms with Gasteiger partial charge in [-0.05, 0) is 31.7 Å². The van der Waals surface area contributed by atoms with Gasteiger partial charge in [-0.1, -0.05) is 62.4 Å². The predicted molar refractivity (Wildman–Crippen MR) is 97.7 cm³/mol. The number of nitrogens with zero attached hydrogens (tertiary/aromatic N) is 1. The van der Waals surface area contributed by atoms with E-state index in [4.69, 9.17) is 21.3 Å². The van der Waals surface area contributed by atoms with E-state index in [0.29, 0.717) is 5.02 Å². The fraction of sp³-hybridized carbons (Fsp3) is 0.600. The topological polar surface area (TPSA) is 38.7 Å². The van der Waals surface area contributed by atoms with Crippen LogP contribution < -0.4 is 0 Å². The number of aliphatic imine (C=N–C) groups is 1. The average molecular weight is 348 g/mol. The maximum Gasteiger partial charge on any atom is 0.205 e. The third kappa shape index (κ3) is 3.37. The molecule has 0 spiro atoms. The Hall–Kier alpha value is -1.35. The Balaban J connectivity index is 1.83. The van der Waals surface area contributed by atoms with Crippen molar-refractivity contribution < 1.29 is 9.53 Å². The van der Waals surface area contributed by atoms with Gasteiger partial charge < -0.3 is 4.74 Å². The summed E-state index contributed by atoms with van der Waals surface area (Å²) in [5.74, 6) is 0.826. The van der Waals surface area contributed by atoms with E-state index in [0.717, 1.165) is 43.6 Å². The molecule has 1 aromatic rings. The van der Waals surface area contributed by atoms with Gasteiger partial charge in [0.25, 0.3) is 0 Å². The first-order valence-corrected chi connectivity index (χ1v) is 9.60. The molecule has 1 saturated carbocycles. The summed E-state index contributed by atoms with van der Waals surface area (Å²) in [6.07, 6.45) is 8.96. The van der Waals surface area contributed by atoms with Crippen molar-refractivity contribution in [2.45, 2.75) is 76.4 Å². The minimum Gasteiger partial charge on any atom is -0.470 e. The lowest BCUT2D eigenvalue weighted by Crippen LogP contribution is -2.51. The lowest BCUT2D eigenvalue weighted by atomic mass is 9.74. The van der Waals surface area contributed by atoms with Gasteiger partial charge in [-0.3, -0.25) is 4.79 Å². The van der Waals surface area contributed by atoms with Crippen LogP contribution in [-0.2, 0) is 15.1 Å². The number of hydrogen-bond donors (Lipinski definition) is 0. The van der Waals surface area contributed by atoms with E-state index in [2.05, 4.69) is 6.92 Å². The van der Waals surface area contributed by atoms with Crippen LogP contribution in [0.5, 0.6) is 0 Å². The lowest BCUT2D eigenvalue weighted by Gasteiger charge is -2.41. The molecule has 2 bridgehead atoms. The third-order valence-electron chi connectivity index (χ3n) is 5.11. The van der Waals surface area contributed by atoms with Gasteiger partial charge in [-0.15, -0.1) is 0 Å². The zero-order valence-electron chi connectivity index (χ0n) is 14.4. The summed E-state index contributed by atoms with van der Waals surface area (Å²) in [5, 5.41) is 0.624. The molecule has 0 aromatic heterocycles. The van der Waals surface area contributed by atoms with E-state index in [1.807, 2.05) is 24.3 Å². The molecule has 1 fully saturated rings. The van der Waals surface area contributed by atoms with Gasteiger partial charge in [0.15, 0.2) is 17.5 Å². The zero-order chi connectivity index (χ0) is 17.0. The number of unbranched alkanes of at least 4 members (excludes halogenated alkanes) is 4. The number of ether oxygens (including phenoxy) is 1. The van der Waals surface area contributed by atoms with Crippen LogP contribution in [0.15, 0.2) is 29.3 Å². The van der Waals surface area contributed by atoms with E-state index in [1.54, 1.807) is 0 Å². The maximum absolute atomic E-state index is 13.0. The second-order valence-corrected chi connectivity index (χ2v) is 7.28. The zero-order valence-corrected chi connectivity index (χ0v) is 15.1. The SMILES string of the molecule is CCCCCCCC1=NC2(c3ccccc3Cl)CCCC(O1)C2=O. The molecule has 4 heteroatoms. The minimum atomic E-state index is -0.821. The molecule has 0 radical (unpaired) electrons. The van der Waals surface area contributed by atoms with Crippen molar-refractivity contribution in [2.75, 3.05) is 0 Å². The molecule has 1 aliphatic carbocycles. The summed E-state index contributed by atoms with van der Waals surface area (Å²) in [4.78, 5) is 17.8. The Morgan fingerprint density at radius 3 is 2.83 bits per heavy atom. The first kappa shape index (κ1) is 17.5. The van der Waals surface area contributed by atoms with Crippen molar-refractivity contribution >= 4 is 23.3 Å². The Morgan fingerprint density at radius 1 is 1.25 bits per heavy atom. The number of Topliss-reactive ketones (excluding diaryl/α,β-unsaturated/α-hetero) is 1. The summed E-state index contributed by atoms with van der Waals surface area (Å²) in [5.41, 5.74) is 0.0197. The summed E-state index contributed by atoms with van der Waals surface area (Å²) >= 11 is 6.41. The molecule has 3 nitrogen and oxygen atoms in total. The second kappa shape index (κ2) is 7.69. The van der Waals surface area contributed by atoms with E-state index in [1.165, 1.54) is 25.7 Å². The van der Waals surface area contributed by atoms with Crippen LogP contribution in [0.3, 0.4) is 0 Å². The van der Waals surface area contributed by atoms with E-state index < -0.39 is 5.54 Å². The second-order valence-electron chi connectivity index (χ2n) is 6.87. The number of rotatable bonds is 7. The molecule has 2 atom stereocenters. The van der Waals surface area contributed by atoms with Crippen LogP contribution in [0.1, 0.15) is 70.3 Å². The maximum atomic E-state index is 13.0. The van der Waals surface area contributed by atoms with Crippen molar-refractivity contribution in [2.24, 2.45) is 4.99 Å². The molecule has 0 saturated heterocycles. The van der Waals surface area contributed by atoms with Crippen molar-refractivity contribution in [3.8, 4) is 0 Å². The van der Waals surface area contributed by atoms with Gasteiger partial charge in [-0.2, -0.15) is 0 Å². The minimum absolute atomic E-state index is 0.0802. The van der Waals surface area contributed by atoms with Crippen LogP contribution in [0.25, 0.3) is 0 Å². The molecule has 1 heterocycles. The van der Waals surface area contributed by atoms with Crippen molar-refractivity contribution in [1.82, 2.24) is 0 Å². The molecule has 0 amide bonds. The van der Waals surface area contributed by atoms with Crippen LogP contribution in [0.2, 0.25) is 5.02 Å². The van der Waals surface area contributed by atoms with Gasteiger partial charge in [0.1, 0.15) is 0 Å². The van der Waals surface area contributed by atoms with Crippen LogP contribution >= 0.6 is 11.6 Å². The monoisotopic (exact) mass is 347 g/mol. The molecule has 3 rings (SSSR count). The molecule has 0 N–H and O–H groups in total. The molecule has 2 aliphatic rings. The lowest BCUT2D eigenvalue weighted by molar-refractivity contribution is -0.137. The van der Waals surface area contributed by atoms with Gasteiger partial charge in [-0.25, -0.2) is 4.99 Å². The largest absolute Gasteiger partial charge is 0.470 e. The molecular formula is C20H26ClNO2. The van der Waals surface area contributed by atoms with Crippen LogP contribution in [-0.4, -0.2) is 17.8 Å². The van der Waals surface area contributed by atoms with Gasteiger partial charge in [0.05, 0.1) is 0 Å². The molecule has 24 heavy (non-hydrogen) atoms. The first-order valence-electron chi connectivity index (χ1n) is 9.22. The number of fused-ring (bicyclic) bond motifs is 2. The van der Waals surface area contributed by atoms with Crippen LogP contribution in [0, 0.1) is 0 Å². The molecule has 1 aromatic carbocycles. The van der Waals surface area contributed by atoms with E-state index in [9.17, 15) is 4.79 Å². The number of hydrogen-bond acceptors (Lipinski definition) is 3. The number of benzene rings is 1. The molecule has 2 unspecified atom stereocenters. The highest BCUT2D eigenvalue weighted by atomic mass is 35.5. The predicted octanol–water partition coefficient (Wildman–Crippen LogP) is 5.45.